The molecule has 1 aromatic rings. The summed E-state index contributed by atoms with van der Waals surface area (Å²) >= 11 is 0. The van der Waals surface area contributed by atoms with Crippen molar-refractivity contribution in [1.82, 2.24) is 5.32 Å². The minimum atomic E-state index is -0.195. The molecule has 2 rings (SSSR count). The van der Waals surface area contributed by atoms with Crippen LogP contribution in [0.25, 0.3) is 0 Å². The van der Waals surface area contributed by atoms with Gasteiger partial charge >= 0.3 is 0 Å². The average Bonchev–Trinajstić information content (AvgIpc) is 2.50. The topological polar surface area (TPSA) is 21.3 Å². The molecule has 2 nitrogen and oxygen atoms in total. The summed E-state index contributed by atoms with van der Waals surface area (Å²) in [5.41, 5.74) is 1.14. The van der Waals surface area contributed by atoms with Crippen LogP contribution in [0, 0.1) is 5.82 Å². The summed E-state index contributed by atoms with van der Waals surface area (Å²) in [7, 11) is 0. The molecule has 1 aromatic carbocycles. The Bertz CT molecular complexity index is 334. The van der Waals surface area contributed by atoms with Gasteiger partial charge in [-0.3, -0.25) is 5.32 Å². The zero-order chi connectivity index (χ0) is 10.9. The van der Waals surface area contributed by atoms with Crippen molar-refractivity contribution in [3.05, 3.63) is 35.6 Å². The summed E-state index contributed by atoms with van der Waals surface area (Å²) < 4.78 is 18.3. The van der Waals surface area contributed by atoms with E-state index in [0.29, 0.717) is 0 Å². The molecule has 1 fully saturated rings. The molecule has 1 aliphatic heterocycles. The molecule has 0 spiro atoms. The van der Waals surface area contributed by atoms with E-state index >= 15 is 0 Å². The number of ether oxygens (including phenoxy) is 1. The van der Waals surface area contributed by atoms with Gasteiger partial charge in [-0.2, -0.15) is 0 Å². The van der Waals surface area contributed by atoms with Crippen molar-refractivity contribution >= 4 is 0 Å². The number of benzene rings is 1. The first-order valence-electron chi connectivity index (χ1n) is 5.19. The lowest BCUT2D eigenvalue weighted by molar-refractivity contribution is 0.0987. The second-order valence-electron chi connectivity index (χ2n) is 4.66. The van der Waals surface area contributed by atoms with Gasteiger partial charge in [0.25, 0.3) is 0 Å². The van der Waals surface area contributed by atoms with Crippen molar-refractivity contribution in [1.29, 1.82) is 0 Å². The van der Waals surface area contributed by atoms with Gasteiger partial charge in [0.05, 0.1) is 6.61 Å². The molecule has 1 heterocycles. The third kappa shape index (κ3) is 2.76. The Morgan fingerprint density at radius 1 is 1.40 bits per heavy atom. The van der Waals surface area contributed by atoms with Crippen LogP contribution in [0.15, 0.2) is 24.3 Å². The number of nitrogens with one attached hydrogen (secondary N) is 1. The molecule has 0 amide bonds. The van der Waals surface area contributed by atoms with Crippen LogP contribution in [-0.2, 0) is 11.2 Å². The van der Waals surface area contributed by atoms with E-state index in [4.69, 9.17) is 4.74 Å². The first-order chi connectivity index (χ1) is 7.05. The second kappa shape index (κ2) is 3.91. The van der Waals surface area contributed by atoms with Crippen LogP contribution in [0.2, 0.25) is 0 Å². The van der Waals surface area contributed by atoms with E-state index in [-0.39, 0.29) is 17.6 Å². The molecule has 1 aliphatic rings. The van der Waals surface area contributed by atoms with E-state index in [0.717, 1.165) is 18.6 Å². The van der Waals surface area contributed by atoms with Gasteiger partial charge < -0.3 is 4.74 Å². The zero-order valence-corrected chi connectivity index (χ0v) is 9.09. The van der Waals surface area contributed by atoms with Crippen LogP contribution in [0.5, 0.6) is 0 Å². The van der Waals surface area contributed by atoms with Crippen LogP contribution in [-0.4, -0.2) is 18.4 Å². The number of rotatable bonds is 2. The second-order valence-corrected chi connectivity index (χ2v) is 4.66. The van der Waals surface area contributed by atoms with Gasteiger partial charge in [0.2, 0.25) is 0 Å². The molecule has 0 saturated carbocycles. The smallest absolute Gasteiger partial charge is 0.123 e. The molecule has 0 radical (unpaired) electrons. The summed E-state index contributed by atoms with van der Waals surface area (Å²) in [6.07, 6.45) is 0.828. The van der Waals surface area contributed by atoms with Gasteiger partial charge in [-0.25, -0.2) is 4.39 Å². The lowest BCUT2D eigenvalue weighted by Crippen LogP contribution is -2.39. The third-order valence-corrected chi connectivity index (χ3v) is 2.53. The molecule has 3 heteroatoms. The highest BCUT2D eigenvalue weighted by atomic mass is 19.1. The van der Waals surface area contributed by atoms with Crippen molar-refractivity contribution in [3.8, 4) is 0 Å². The van der Waals surface area contributed by atoms with Gasteiger partial charge in [0.1, 0.15) is 12.0 Å². The van der Waals surface area contributed by atoms with E-state index in [2.05, 4.69) is 19.2 Å². The molecule has 0 aliphatic carbocycles. The summed E-state index contributed by atoms with van der Waals surface area (Å²) in [6, 6.07) is 6.56. The van der Waals surface area contributed by atoms with Crippen molar-refractivity contribution in [2.75, 3.05) is 6.61 Å². The normalized spacial score (nSPS) is 24.3. The number of hydrogen-bond acceptors (Lipinski definition) is 2. The molecule has 0 aromatic heterocycles. The fourth-order valence-corrected chi connectivity index (χ4v) is 1.77. The zero-order valence-electron chi connectivity index (χ0n) is 9.09. The maximum Gasteiger partial charge on any atom is 0.123 e. The Hall–Kier alpha value is -0.930. The number of hydrogen-bond donors (Lipinski definition) is 1. The van der Waals surface area contributed by atoms with E-state index < -0.39 is 0 Å². The molecule has 0 bridgehead atoms. The molecular formula is C12H16FNO. The van der Waals surface area contributed by atoms with Crippen LogP contribution >= 0.6 is 0 Å². The predicted octanol–water partition coefficient (Wildman–Crippen LogP) is 2.09. The summed E-state index contributed by atoms with van der Waals surface area (Å²) in [5, 5.41) is 3.38. The van der Waals surface area contributed by atoms with Gasteiger partial charge in [-0.05, 0) is 31.5 Å². The fourth-order valence-electron chi connectivity index (χ4n) is 1.77. The molecule has 1 saturated heterocycles. The first kappa shape index (κ1) is 10.6. The van der Waals surface area contributed by atoms with Crippen molar-refractivity contribution in [3.63, 3.8) is 0 Å². The quantitative estimate of drug-likeness (QED) is 0.805. The van der Waals surface area contributed by atoms with Crippen LogP contribution in [0.4, 0.5) is 4.39 Å². The van der Waals surface area contributed by atoms with Gasteiger partial charge in [-0.15, -0.1) is 0 Å². The highest BCUT2D eigenvalue weighted by Crippen LogP contribution is 2.17. The maximum absolute atomic E-state index is 12.7. The lowest BCUT2D eigenvalue weighted by atomic mass is 10.1. The maximum atomic E-state index is 12.7. The van der Waals surface area contributed by atoms with Gasteiger partial charge in [0, 0.05) is 12.0 Å². The minimum absolute atomic E-state index is 0.0463. The largest absolute Gasteiger partial charge is 0.361 e. The molecular weight excluding hydrogens is 193 g/mol. The summed E-state index contributed by atoms with van der Waals surface area (Å²) in [4.78, 5) is 0. The van der Waals surface area contributed by atoms with E-state index in [1.165, 1.54) is 12.1 Å². The fraction of sp³-hybridized carbons (Fsp3) is 0.500. The van der Waals surface area contributed by atoms with Crippen molar-refractivity contribution in [2.24, 2.45) is 0 Å². The predicted molar refractivity (Wildman–Crippen MR) is 57.1 cm³/mol. The molecule has 1 unspecified atom stereocenters. The summed E-state index contributed by atoms with van der Waals surface area (Å²) in [5.74, 6) is -0.195. The van der Waals surface area contributed by atoms with E-state index in [1.54, 1.807) is 12.1 Å². The Morgan fingerprint density at radius 2 is 2.07 bits per heavy atom. The highest BCUT2D eigenvalue weighted by Gasteiger charge is 2.30. The van der Waals surface area contributed by atoms with Gasteiger partial charge in [0.15, 0.2) is 0 Å². The highest BCUT2D eigenvalue weighted by molar-refractivity contribution is 5.17. The Morgan fingerprint density at radius 3 is 2.60 bits per heavy atom. The number of halogens is 1. The van der Waals surface area contributed by atoms with E-state index in [9.17, 15) is 4.39 Å². The lowest BCUT2D eigenvalue weighted by Gasteiger charge is -2.16. The van der Waals surface area contributed by atoms with Crippen LogP contribution in [0.3, 0.4) is 0 Å². The monoisotopic (exact) mass is 209 g/mol. The Labute approximate surface area is 89.4 Å². The molecule has 82 valence electrons. The first-order valence-corrected chi connectivity index (χ1v) is 5.19. The molecule has 15 heavy (non-hydrogen) atoms. The third-order valence-electron chi connectivity index (χ3n) is 2.53. The van der Waals surface area contributed by atoms with Crippen molar-refractivity contribution < 1.29 is 9.13 Å². The van der Waals surface area contributed by atoms with E-state index in [1.807, 2.05) is 0 Å². The molecule has 1 atom stereocenters. The van der Waals surface area contributed by atoms with Crippen LogP contribution in [0.1, 0.15) is 19.4 Å². The van der Waals surface area contributed by atoms with Gasteiger partial charge in [-0.1, -0.05) is 12.1 Å². The minimum Gasteiger partial charge on any atom is -0.361 e. The molecule has 1 N–H and O–H groups in total. The SMILES string of the molecule is CC1(C)COC(Cc2ccc(F)cc2)N1. The Balaban J connectivity index is 1.96. The Kier molecular flexibility index (Phi) is 2.76. The summed E-state index contributed by atoms with van der Waals surface area (Å²) in [6.45, 7) is 4.94. The van der Waals surface area contributed by atoms with Crippen molar-refractivity contribution in [2.45, 2.75) is 32.0 Å². The standard InChI is InChI=1S/C12H16FNO/c1-12(2)8-15-11(14-12)7-9-3-5-10(13)6-4-9/h3-6,11,14H,7-8H2,1-2H3. The van der Waals surface area contributed by atoms with Crippen LogP contribution < -0.4 is 5.32 Å². The average molecular weight is 209 g/mol.